The van der Waals surface area contributed by atoms with Crippen molar-refractivity contribution in [3.63, 3.8) is 0 Å². The van der Waals surface area contributed by atoms with Crippen LogP contribution in [0.2, 0.25) is 0 Å². The third-order valence-corrected chi connectivity index (χ3v) is 3.27. The highest BCUT2D eigenvalue weighted by Gasteiger charge is 2.06. The van der Waals surface area contributed by atoms with Crippen LogP contribution >= 0.6 is 0 Å². The van der Waals surface area contributed by atoms with Gasteiger partial charge in [-0.1, -0.05) is 24.3 Å². The largest absolute Gasteiger partial charge is 0.507 e. The number of hydrogen-bond acceptors (Lipinski definition) is 5. The van der Waals surface area contributed by atoms with Gasteiger partial charge in [-0.05, 0) is 30.7 Å². The van der Waals surface area contributed by atoms with Crippen LogP contribution in [0.15, 0.2) is 53.3 Å². The minimum Gasteiger partial charge on any atom is -0.507 e. The number of nitrogens with zero attached hydrogens (tertiary/aromatic N) is 2. The van der Waals surface area contributed by atoms with Crippen LogP contribution in [-0.4, -0.2) is 15.3 Å². The van der Waals surface area contributed by atoms with Crippen LogP contribution in [0.25, 0.3) is 11.5 Å². The van der Waals surface area contributed by atoms with Gasteiger partial charge in [0.25, 0.3) is 0 Å². The van der Waals surface area contributed by atoms with Crippen molar-refractivity contribution in [1.82, 2.24) is 10.2 Å². The average Bonchev–Trinajstić information content (AvgIpc) is 3.03. The van der Waals surface area contributed by atoms with Gasteiger partial charge < -0.3 is 14.8 Å². The number of aryl methyl sites for hydroxylation is 1. The Morgan fingerprint density at radius 3 is 2.86 bits per heavy atom. The number of aromatic hydroxyl groups is 1. The summed E-state index contributed by atoms with van der Waals surface area (Å²) in [7, 11) is 0. The number of hydrogen-bond donors (Lipinski definition) is 2. The van der Waals surface area contributed by atoms with E-state index < -0.39 is 0 Å². The van der Waals surface area contributed by atoms with Gasteiger partial charge in [-0.3, -0.25) is 0 Å². The normalized spacial score (nSPS) is 10.5. The fourth-order valence-electron chi connectivity index (χ4n) is 2.12. The molecule has 1 aromatic heterocycles. The fourth-order valence-corrected chi connectivity index (χ4v) is 2.12. The molecule has 0 unspecified atom stereocenters. The number of phenols is 1. The Kier molecular flexibility index (Phi) is 3.55. The number of nitrogens with one attached hydrogen (secondary N) is 1. The highest BCUT2D eigenvalue weighted by Crippen LogP contribution is 2.24. The van der Waals surface area contributed by atoms with E-state index in [1.165, 1.54) is 6.39 Å². The zero-order chi connectivity index (χ0) is 14.7. The summed E-state index contributed by atoms with van der Waals surface area (Å²) in [5.41, 5.74) is 3.50. The van der Waals surface area contributed by atoms with E-state index in [0.29, 0.717) is 18.2 Å². The Morgan fingerprint density at radius 1 is 1.19 bits per heavy atom. The molecule has 1 heterocycles. The molecule has 3 aromatic rings. The number of para-hydroxylation sites is 1. The highest BCUT2D eigenvalue weighted by molar-refractivity contribution is 5.61. The van der Waals surface area contributed by atoms with Crippen molar-refractivity contribution in [3.05, 3.63) is 60.0 Å². The molecule has 5 nitrogen and oxygen atoms in total. The van der Waals surface area contributed by atoms with Crippen LogP contribution < -0.4 is 5.32 Å². The van der Waals surface area contributed by atoms with E-state index in [1.807, 2.05) is 49.4 Å². The molecule has 0 amide bonds. The molecule has 3 rings (SSSR count). The van der Waals surface area contributed by atoms with Gasteiger partial charge in [0.1, 0.15) is 5.75 Å². The SMILES string of the molecule is Cc1cccc(CNc2cccc(-c3nnco3)c2)c1O. The summed E-state index contributed by atoms with van der Waals surface area (Å²) in [5, 5.41) is 20.8. The molecule has 0 fully saturated rings. The molecule has 5 heteroatoms. The Bertz CT molecular complexity index is 739. The van der Waals surface area contributed by atoms with Gasteiger partial charge >= 0.3 is 0 Å². The number of anilines is 1. The second kappa shape index (κ2) is 5.66. The standard InChI is InChI=1S/C16H15N3O2/c1-11-4-2-6-13(15(11)20)9-17-14-7-3-5-12(8-14)16-19-18-10-21-16/h2-8,10,17,20H,9H2,1H3. The molecule has 0 aliphatic carbocycles. The maximum absolute atomic E-state index is 10.0. The first-order chi connectivity index (χ1) is 10.2. The first-order valence-electron chi connectivity index (χ1n) is 6.62. The topological polar surface area (TPSA) is 71.2 Å². The van der Waals surface area contributed by atoms with Crippen molar-refractivity contribution in [2.24, 2.45) is 0 Å². The molecule has 0 saturated carbocycles. The molecule has 0 bridgehead atoms. The second-order valence-corrected chi connectivity index (χ2v) is 4.76. The molecule has 2 N–H and O–H groups in total. The summed E-state index contributed by atoms with van der Waals surface area (Å²) in [4.78, 5) is 0. The summed E-state index contributed by atoms with van der Waals surface area (Å²) < 4.78 is 5.18. The predicted molar refractivity (Wildman–Crippen MR) is 79.9 cm³/mol. The molecular formula is C16H15N3O2. The van der Waals surface area contributed by atoms with Crippen molar-refractivity contribution >= 4 is 5.69 Å². The summed E-state index contributed by atoms with van der Waals surface area (Å²) in [5.74, 6) is 0.815. The Labute approximate surface area is 122 Å². The van der Waals surface area contributed by atoms with Crippen molar-refractivity contribution in [2.75, 3.05) is 5.32 Å². The van der Waals surface area contributed by atoms with E-state index in [2.05, 4.69) is 15.5 Å². The lowest BCUT2D eigenvalue weighted by Crippen LogP contribution is -2.00. The van der Waals surface area contributed by atoms with Gasteiger partial charge in [-0.15, -0.1) is 10.2 Å². The van der Waals surface area contributed by atoms with E-state index in [4.69, 9.17) is 4.42 Å². The summed E-state index contributed by atoms with van der Waals surface area (Å²) in [6, 6.07) is 13.4. The third-order valence-electron chi connectivity index (χ3n) is 3.27. The van der Waals surface area contributed by atoms with Gasteiger partial charge in [-0.25, -0.2) is 0 Å². The predicted octanol–water partition coefficient (Wildman–Crippen LogP) is 3.36. The first kappa shape index (κ1) is 13.2. The molecule has 0 aliphatic heterocycles. The highest BCUT2D eigenvalue weighted by atomic mass is 16.4. The minimum atomic E-state index is 0.332. The van der Waals surface area contributed by atoms with E-state index in [9.17, 15) is 5.11 Å². The lowest BCUT2D eigenvalue weighted by atomic mass is 10.1. The Balaban J connectivity index is 1.77. The van der Waals surface area contributed by atoms with E-state index in [-0.39, 0.29) is 0 Å². The van der Waals surface area contributed by atoms with Gasteiger partial charge in [-0.2, -0.15) is 0 Å². The van der Waals surface area contributed by atoms with Crippen molar-refractivity contribution in [2.45, 2.75) is 13.5 Å². The van der Waals surface area contributed by atoms with Crippen LogP contribution in [0.5, 0.6) is 5.75 Å². The quantitative estimate of drug-likeness (QED) is 0.767. The average molecular weight is 281 g/mol. The lowest BCUT2D eigenvalue weighted by Gasteiger charge is -2.10. The van der Waals surface area contributed by atoms with Crippen LogP contribution in [0.4, 0.5) is 5.69 Å². The van der Waals surface area contributed by atoms with Gasteiger partial charge in [0.05, 0.1) is 0 Å². The maximum Gasteiger partial charge on any atom is 0.247 e. The fraction of sp³-hybridized carbons (Fsp3) is 0.125. The van der Waals surface area contributed by atoms with E-state index in [1.54, 1.807) is 0 Å². The molecule has 2 aromatic carbocycles. The molecule has 0 aliphatic rings. The summed E-state index contributed by atoms with van der Waals surface area (Å²) in [6.45, 7) is 2.43. The number of rotatable bonds is 4. The second-order valence-electron chi connectivity index (χ2n) is 4.76. The molecule has 21 heavy (non-hydrogen) atoms. The zero-order valence-electron chi connectivity index (χ0n) is 11.6. The van der Waals surface area contributed by atoms with E-state index >= 15 is 0 Å². The molecular weight excluding hydrogens is 266 g/mol. The Morgan fingerprint density at radius 2 is 2.05 bits per heavy atom. The number of phenolic OH excluding ortho intramolecular Hbond substituents is 1. The van der Waals surface area contributed by atoms with Crippen molar-refractivity contribution in [1.29, 1.82) is 0 Å². The molecule has 106 valence electrons. The third kappa shape index (κ3) is 2.86. The minimum absolute atomic E-state index is 0.332. The van der Waals surface area contributed by atoms with Gasteiger partial charge in [0.2, 0.25) is 12.3 Å². The van der Waals surface area contributed by atoms with Crippen LogP contribution in [-0.2, 0) is 6.54 Å². The smallest absolute Gasteiger partial charge is 0.247 e. The molecule has 0 spiro atoms. The van der Waals surface area contributed by atoms with Crippen LogP contribution in [0.3, 0.4) is 0 Å². The first-order valence-corrected chi connectivity index (χ1v) is 6.62. The summed E-state index contributed by atoms with van der Waals surface area (Å²) >= 11 is 0. The van der Waals surface area contributed by atoms with Gasteiger partial charge in [0.15, 0.2) is 0 Å². The van der Waals surface area contributed by atoms with E-state index in [0.717, 1.165) is 22.4 Å². The van der Waals surface area contributed by atoms with Crippen LogP contribution in [0, 0.1) is 6.92 Å². The maximum atomic E-state index is 10.0. The summed E-state index contributed by atoms with van der Waals surface area (Å²) in [6.07, 6.45) is 1.31. The van der Waals surface area contributed by atoms with Crippen LogP contribution in [0.1, 0.15) is 11.1 Å². The molecule has 0 radical (unpaired) electrons. The van der Waals surface area contributed by atoms with Crippen molar-refractivity contribution in [3.8, 4) is 17.2 Å². The van der Waals surface area contributed by atoms with Crippen molar-refractivity contribution < 1.29 is 9.52 Å². The molecule has 0 saturated heterocycles. The lowest BCUT2D eigenvalue weighted by molar-refractivity contribution is 0.465. The number of benzene rings is 2. The monoisotopic (exact) mass is 281 g/mol. The van der Waals surface area contributed by atoms with Gasteiger partial charge in [0, 0.05) is 23.4 Å². The molecule has 0 atom stereocenters. The zero-order valence-corrected chi connectivity index (χ0v) is 11.6. The Hall–Kier alpha value is -2.82. The number of aromatic nitrogens is 2.